The lowest BCUT2D eigenvalue weighted by Gasteiger charge is -2.14. The third kappa shape index (κ3) is 2.88. The molecule has 0 saturated carbocycles. The summed E-state index contributed by atoms with van der Waals surface area (Å²) in [5.74, 6) is -0.365. The molecule has 1 atom stereocenters. The summed E-state index contributed by atoms with van der Waals surface area (Å²) < 4.78 is 6.62. The lowest BCUT2D eigenvalue weighted by Crippen LogP contribution is -2.12. The summed E-state index contributed by atoms with van der Waals surface area (Å²) >= 11 is 0. The number of para-hydroxylation sites is 1. The first kappa shape index (κ1) is 14.3. The van der Waals surface area contributed by atoms with E-state index < -0.39 is 0 Å². The van der Waals surface area contributed by atoms with Crippen LogP contribution in [-0.4, -0.2) is 22.4 Å². The molecule has 1 aromatic heterocycles. The van der Waals surface area contributed by atoms with E-state index in [1.54, 1.807) is 17.8 Å². The highest BCUT2D eigenvalue weighted by Gasteiger charge is 2.14. The van der Waals surface area contributed by atoms with Gasteiger partial charge in [-0.1, -0.05) is 25.1 Å². The fraction of sp³-hybridized carbons (Fsp3) is 0.333. The van der Waals surface area contributed by atoms with Crippen LogP contribution >= 0.6 is 0 Å². The van der Waals surface area contributed by atoms with Gasteiger partial charge in [0.2, 0.25) is 0 Å². The van der Waals surface area contributed by atoms with Gasteiger partial charge in [-0.15, -0.1) is 0 Å². The number of benzene rings is 1. The van der Waals surface area contributed by atoms with Crippen molar-refractivity contribution in [2.45, 2.75) is 26.3 Å². The Labute approximate surface area is 118 Å². The second kappa shape index (κ2) is 6.34. The summed E-state index contributed by atoms with van der Waals surface area (Å²) in [7, 11) is 0. The molecule has 2 N–H and O–H groups in total. The van der Waals surface area contributed by atoms with Gasteiger partial charge in [0.05, 0.1) is 24.1 Å². The van der Waals surface area contributed by atoms with Gasteiger partial charge in [0.15, 0.2) is 0 Å². The van der Waals surface area contributed by atoms with Crippen molar-refractivity contribution < 1.29 is 9.53 Å². The summed E-state index contributed by atoms with van der Waals surface area (Å²) in [6, 6.07) is 7.74. The molecule has 0 aliphatic rings. The molecule has 20 heavy (non-hydrogen) atoms. The highest BCUT2D eigenvalue weighted by molar-refractivity contribution is 5.88. The van der Waals surface area contributed by atoms with Crippen molar-refractivity contribution in [3.8, 4) is 5.69 Å². The van der Waals surface area contributed by atoms with Crippen molar-refractivity contribution in [2.24, 2.45) is 5.73 Å². The van der Waals surface area contributed by atoms with Gasteiger partial charge in [-0.25, -0.2) is 9.48 Å². The lowest BCUT2D eigenvalue weighted by molar-refractivity contribution is 0.0526. The molecule has 2 aromatic rings. The SMILES string of the molecule is CCOC(=O)c1cnn(-c2ccccc2[C@@H](N)CC)c1. The molecule has 0 unspecified atom stereocenters. The average molecular weight is 273 g/mol. The Hall–Kier alpha value is -2.14. The van der Waals surface area contributed by atoms with Crippen LogP contribution in [0.5, 0.6) is 0 Å². The smallest absolute Gasteiger partial charge is 0.341 e. The Kier molecular flexibility index (Phi) is 4.53. The number of nitrogens with two attached hydrogens (primary N) is 1. The molecule has 0 bridgehead atoms. The largest absolute Gasteiger partial charge is 0.462 e. The van der Waals surface area contributed by atoms with E-state index in [0.717, 1.165) is 17.7 Å². The van der Waals surface area contributed by atoms with Crippen LogP contribution < -0.4 is 5.73 Å². The molecule has 1 aromatic carbocycles. The van der Waals surface area contributed by atoms with E-state index in [9.17, 15) is 4.79 Å². The van der Waals surface area contributed by atoms with Crippen LogP contribution in [0, 0.1) is 0 Å². The van der Waals surface area contributed by atoms with Crippen LogP contribution in [0.2, 0.25) is 0 Å². The Balaban J connectivity index is 2.35. The number of carbonyl (C=O) groups excluding carboxylic acids is 1. The zero-order chi connectivity index (χ0) is 14.5. The minimum atomic E-state index is -0.365. The molecule has 0 aliphatic heterocycles. The second-order valence-electron chi connectivity index (χ2n) is 4.47. The number of ether oxygens (including phenoxy) is 1. The van der Waals surface area contributed by atoms with Crippen LogP contribution in [0.25, 0.3) is 5.69 Å². The fourth-order valence-electron chi connectivity index (χ4n) is 2.00. The quantitative estimate of drug-likeness (QED) is 0.849. The highest BCUT2D eigenvalue weighted by atomic mass is 16.5. The molecule has 0 amide bonds. The van der Waals surface area contributed by atoms with E-state index in [0.29, 0.717) is 12.2 Å². The third-order valence-electron chi connectivity index (χ3n) is 3.12. The van der Waals surface area contributed by atoms with E-state index in [2.05, 4.69) is 5.10 Å². The van der Waals surface area contributed by atoms with Crippen LogP contribution in [-0.2, 0) is 4.74 Å². The predicted molar refractivity (Wildman–Crippen MR) is 76.7 cm³/mol. The van der Waals surface area contributed by atoms with Crippen molar-refractivity contribution >= 4 is 5.97 Å². The van der Waals surface area contributed by atoms with Crippen molar-refractivity contribution in [3.63, 3.8) is 0 Å². The fourth-order valence-corrected chi connectivity index (χ4v) is 2.00. The normalized spacial score (nSPS) is 12.2. The van der Waals surface area contributed by atoms with Gasteiger partial charge in [0.1, 0.15) is 0 Å². The molecule has 0 saturated heterocycles. The van der Waals surface area contributed by atoms with Crippen molar-refractivity contribution in [3.05, 3.63) is 47.8 Å². The monoisotopic (exact) mass is 273 g/mol. The first-order valence-corrected chi connectivity index (χ1v) is 6.74. The molecular formula is C15H19N3O2. The van der Waals surface area contributed by atoms with Gasteiger partial charge in [0, 0.05) is 12.2 Å². The van der Waals surface area contributed by atoms with E-state index in [1.807, 2.05) is 31.2 Å². The third-order valence-corrected chi connectivity index (χ3v) is 3.12. The minimum absolute atomic E-state index is 0.0542. The topological polar surface area (TPSA) is 70.1 Å². The molecule has 0 spiro atoms. The van der Waals surface area contributed by atoms with Gasteiger partial charge >= 0.3 is 5.97 Å². The van der Waals surface area contributed by atoms with Gasteiger partial charge in [0.25, 0.3) is 0 Å². The highest BCUT2D eigenvalue weighted by Crippen LogP contribution is 2.22. The molecule has 0 aliphatic carbocycles. The lowest BCUT2D eigenvalue weighted by atomic mass is 10.0. The maximum atomic E-state index is 11.7. The Morgan fingerprint density at radius 1 is 1.40 bits per heavy atom. The molecule has 0 fully saturated rings. The Bertz CT molecular complexity index is 592. The zero-order valence-corrected chi connectivity index (χ0v) is 11.7. The summed E-state index contributed by atoms with van der Waals surface area (Å²) in [5, 5.41) is 4.23. The number of hydrogen-bond donors (Lipinski definition) is 1. The minimum Gasteiger partial charge on any atom is -0.462 e. The first-order chi connectivity index (χ1) is 9.67. The van der Waals surface area contributed by atoms with Gasteiger partial charge in [-0.05, 0) is 25.0 Å². The summed E-state index contributed by atoms with van der Waals surface area (Å²) in [4.78, 5) is 11.7. The van der Waals surface area contributed by atoms with Crippen molar-refractivity contribution in [2.75, 3.05) is 6.61 Å². The second-order valence-corrected chi connectivity index (χ2v) is 4.47. The van der Waals surface area contributed by atoms with E-state index in [4.69, 9.17) is 10.5 Å². The molecule has 5 heteroatoms. The van der Waals surface area contributed by atoms with Gasteiger partial charge in [-0.3, -0.25) is 0 Å². The zero-order valence-electron chi connectivity index (χ0n) is 11.7. The number of carbonyl (C=O) groups is 1. The van der Waals surface area contributed by atoms with E-state index >= 15 is 0 Å². The first-order valence-electron chi connectivity index (χ1n) is 6.74. The molecule has 106 valence electrons. The van der Waals surface area contributed by atoms with Crippen molar-refractivity contribution in [1.29, 1.82) is 0 Å². The number of hydrogen-bond acceptors (Lipinski definition) is 4. The average Bonchev–Trinajstić information content (AvgIpc) is 2.96. The summed E-state index contributed by atoms with van der Waals surface area (Å²) in [5.41, 5.74) is 8.45. The molecule has 1 heterocycles. The maximum absolute atomic E-state index is 11.7. The standard InChI is InChI=1S/C15H19N3O2/c1-3-13(16)12-7-5-6-8-14(12)18-10-11(9-17-18)15(19)20-4-2/h5-10,13H,3-4,16H2,1-2H3/t13-/m0/s1. The molecular weight excluding hydrogens is 254 g/mol. The molecule has 5 nitrogen and oxygen atoms in total. The predicted octanol–water partition coefficient (Wildman–Crippen LogP) is 2.46. The van der Waals surface area contributed by atoms with E-state index in [1.165, 1.54) is 6.20 Å². The van der Waals surface area contributed by atoms with E-state index in [-0.39, 0.29) is 12.0 Å². The van der Waals surface area contributed by atoms with Gasteiger partial charge < -0.3 is 10.5 Å². The number of esters is 1. The number of aromatic nitrogens is 2. The Morgan fingerprint density at radius 2 is 2.15 bits per heavy atom. The number of rotatable bonds is 5. The molecule has 2 rings (SSSR count). The number of nitrogens with zero attached hydrogens (tertiary/aromatic N) is 2. The van der Waals surface area contributed by atoms with Crippen molar-refractivity contribution in [1.82, 2.24) is 9.78 Å². The Morgan fingerprint density at radius 3 is 2.85 bits per heavy atom. The summed E-state index contributed by atoms with van der Waals surface area (Å²) in [6.45, 7) is 4.16. The van der Waals surface area contributed by atoms with Gasteiger partial charge in [-0.2, -0.15) is 5.10 Å². The maximum Gasteiger partial charge on any atom is 0.341 e. The van der Waals surface area contributed by atoms with Crippen LogP contribution in [0.4, 0.5) is 0 Å². The van der Waals surface area contributed by atoms with Crippen LogP contribution in [0.3, 0.4) is 0 Å². The van der Waals surface area contributed by atoms with Crippen LogP contribution in [0.1, 0.15) is 42.2 Å². The molecule has 0 radical (unpaired) electrons. The van der Waals surface area contributed by atoms with Crippen LogP contribution in [0.15, 0.2) is 36.7 Å². The summed E-state index contributed by atoms with van der Waals surface area (Å²) in [6.07, 6.45) is 4.01.